The van der Waals surface area contributed by atoms with Crippen molar-refractivity contribution in [3.63, 3.8) is 0 Å². The average Bonchev–Trinajstić information content (AvgIpc) is 4.09. The molecule has 1 aliphatic rings. The third-order valence-electron chi connectivity index (χ3n) is 9.82. The Balaban J connectivity index is 0.000000197. The number of para-hydroxylation sites is 2. The first kappa shape index (κ1) is 44.4. The minimum absolute atomic E-state index is 0.0176. The number of hydrogen-bond donors (Lipinski definition) is 0. The Morgan fingerprint density at radius 3 is 1.41 bits per heavy atom. The Hall–Kier alpha value is -6.70. The van der Waals surface area contributed by atoms with Crippen LogP contribution in [-0.2, 0) is 46.2 Å². The molecule has 0 saturated heterocycles. The van der Waals surface area contributed by atoms with E-state index in [1.54, 1.807) is 103 Å². The van der Waals surface area contributed by atoms with Crippen LogP contribution in [-0.4, -0.2) is 54.4 Å². The largest absolute Gasteiger partial charge is 0.415 e. The molecule has 0 atom stereocenters. The van der Waals surface area contributed by atoms with Gasteiger partial charge in [0.2, 0.25) is 21.8 Å². The van der Waals surface area contributed by atoms with Gasteiger partial charge in [-0.1, -0.05) is 91.5 Å². The van der Waals surface area contributed by atoms with E-state index in [4.69, 9.17) is 8.83 Å². The van der Waals surface area contributed by atoms with Gasteiger partial charge in [0, 0.05) is 36.2 Å². The van der Waals surface area contributed by atoms with E-state index in [1.807, 2.05) is 18.2 Å². The minimum atomic E-state index is -3.71. The van der Waals surface area contributed by atoms with Gasteiger partial charge in [0.25, 0.3) is 21.8 Å². The average molecular weight is 902 g/mol. The summed E-state index contributed by atoms with van der Waals surface area (Å²) in [6.45, 7) is 5.46. The molecule has 0 bridgehead atoms. The van der Waals surface area contributed by atoms with Crippen LogP contribution in [0, 0.1) is 0 Å². The molecule has 8 rings (SSSR count). The van der Waals surface area contributed by atoms with Crippen molar-refractivity contribution >= 4 is 31.4 Å². The number of anilines is 2. The summed E-state index contributed by atoms with van der Waals surface area (Å²) in [5.41, 5.74) is 5.88. The molecule has 0 aliphatic carbocycles. The summed E-state index contributed by atoms with van der Waals surface area (Å²) in [5.74, 6) is -1.56. The van der Waals surface area contributed by atoms with E-state index in [0.717, 1.165) is 24.1 Å². The van der Waals surface area contributed by atoms with E-state index in [1.165, 1.54) is 19.7 Å². The SMILES string of the molecule is C=CS(=O)(=O)N(Cc1ccc(-c2nnc(C(F)F)o2)cc1)c1ccccc1.O=S(=O)(CCN1Cc2ccccc2C1)N(Cc1ccc(-c2nnc(C(F)F)o2)cc1)c1ccccc1. The van der Waals surface area contributed by atoms with Crippen molar-refractivity contribution in [1.29, 1.82) is 0 Å². The first-order chi connectivity index (χ1) is 30.3. The molecule has 63 heavy (non-hydrogen) atoms. The number of halogens is 4. The highest BCUT2D eigenvalue weighted by Crippen LogP contribution is 2.29. The van der Waals surface area contributed by atoms with Crippen molar-refractivity contribution < 1.29 is 43.2 Å². The molecule has 0 saturated carbocycles. The van der Waals surface area contributed by atoms with Gasteiger partial charge in [-0.15, -0.1) is 20.4 Å². The lowest BCUT2D eigenvalue weighted by Crippen LogP contribution is -2.36. The molecule has 1 aliphatic heterocycles. The highest BCUT2D eigenvalue weighted by atomic mass is 32.2. The molecule has 7 aromatic rings. The first-order valence-electron chi connectivity index (χ1n) is 19.3. The molecule has 0 radical (unpaired) electrons. The van der Waals surface area contributed by atoms with Crippen LogP contribution in [0.2, 0.25) is 0 Å². The third kappa shape index (κ3) is 11.0. The van der Waals surface area contributed by atoms with Crippen LogP contribution in [0.15, 0.2) is 154 Å². The van der Waals surface area contributed by atoms with Gasteiger partial charge in [0.05, 0.1) is 30.2 Å². The summed E-state index contributed by atoms with van der Waals surface area (Å²) < 4.78 is 115. The fraction of sp³-hybridized carbons (Fsp3) is 0.182. The maximum atomic E-state index is 13.5. The fourth-order valence-corrected chi connectivity index (χ4v) is 9.01. The number of sulfonamides is 2. The van der Waals surface area contributed by atoms with Gasteiger partial charge in [0.1, 0.15) is 0 Å². The normalized spacial score (nSPS) is 12.8. The molecule has 0 fully saturated rings. The molecule has 0 amide bonds. The van der Waals surface area contributed by atoms with E-state index in [9.17, 15) is 34.4 Å². The zero-order chi connectivity index (χ0) is 44.6. The monoisotopic (exact) mass is 901 g/mol. The van der Waals surface area contributed by atoms with Crippen LogP contribution in [0.1, 0.15) is 46.9 Å². The van der Waals surface area contributed by atoms with Crippen LogP contribution in [0.5, 0.6) is 0 Å². The van der Waals surface area contributed by atoms with Crippen molar-refractivity contribution in [1.82, 2.24) is 25.3 Å². The topological polar surface area (TPSA) is 156 Å². The van der Waals surface area contributed by atoms with Crippen LogP contribution < -0.4 is 8.61 Å². The summed E-state index contributed by atoms with van der Waals surface area (Å²) in [4.78, 5) is 2.14. The predicted octanol–water partition coefficient (Wildman–Crippen LogP) is 9.18. The summed E-state index contributed by atoms with van der Waals surface area (Å²) in [5, 5.41) is 14.7. The summed E-state index contributed by atoms with van der Waals surface area (Å²) in [7, 11) is -7.36. The van der Waals surface area contributed by atoms with Crippen molar-refractivity contribution in [2.24, 2.45) is 0 Å². The summed E-state index contributed by atoms with van der Waals surface area (Å²) in [6, 6.07) is 39.0. The van der Waals surface area contributed by atoms with E-state index in [2.05, 4.69) is 44.0 Å². The van der Waals surface area contributed by atoms with Crippen molar-refractivity contribution in [3.05, 3.63) is 179 Å². The lowest BCUT2D eigenvalue weighted by atomic mass is 10.1. The molecule has 13 nitrogen and oxygen atoms in total. The van der Waals surface area contributed by atoms with Crippen molar-refractivity contribution in [2.45, 2.75) is 39.0 Å². The maximum absolute atomic E-state index is 13.5. The lowest BCUT2D eigenvalue weighted by Gasteiger charge is -2.26. The standard InChI is InChI=1S/C26H24F2N4O3S.C18H15F2N3O3S/c27-24(28)26-30-29-25(35-26)20-12-10-19(11-13-20)16-32(23-8-2-1-3-9-23)36(33,34)15-14-31-17-21-6-4-5-7-22(21)18-31;1-2-27(24,25)23(15-6-4-3-5-7-15)12-13-8-10-14(11-9-13)17-21-22-18(26-17)16(19)20/h1-13,24H,14-18H2;2-11,16H,1,12H2. The smallest absolute Gasteiger partial charge is 0.314 e. The first-order valence-corrected chi connectivity index (χ1v) is 22.4. The van der Waals surface area contributed by atoms with Crippen LogP contribution in [0.25, 0.3) is 22.9 Å². The van der Waals surface area contributed by atoms with Gasteiger partial charge in [0.15, 0.2) is 0 Å². The molecule has 0 spiro atoms. The molecular formula is C44H39F4N7O6S2. The Bertz CT molecular complexity index is 2810. The van der Waals surface area contributed by atoms with E-state index < -0.39 is 44.7 Å². The van der Waals surface area contributed by atoms with Crippen LogP contribution in [0.3, 0.4) is 0 Å². The molecule has 326 valence electrons. The zero-order valence-corrected chi connectivity index (χ0v) is 34.9. The number of nitrogens with zero attached hydrogens (tertiary/aromatic N) is 7. The predicted molar refractivity (Wildman–Crippen MR) is 228 cm³/mol. The fourth-order valence-electron chi connectivity index (χ4n) is 6.59. The van der Waals surface area contributed by atoms with E-state index in [0.29, 0.717) is 34.6 Å². The number of benzene rings is 5. The van der Waals surface area contributed by atoms with Gasteiger partial charge in [-0.05, 0) is 70.8 Å². The molecule has 19 heteroatoms. The Morgan fingerprint density at radius 1 is 0.587 bits per heavy atom. The second kappa shape index (κ2) is 19.6. The number of alkyl halides is 4. The van der Waals surface area contributed by atoms with E-state index in [-0.39, 0.29) is 30.6 Å². The molecule has 0 unspecified atom stereocenters. The van der Waals surface area contributed by atoms with Crippen LogP contribution >= 0.6 is 0 Å². The van der Waals surface area contributed by atoms with Crippen LogP contribution in [0.4, 0.5) is 28.9 Å². The third-order valence-corrected chi connectivity index (χ3v) is 12.9. The van der Waals surface area contributed by atoms with Gasteiger partial charge < -0.3 is 8.83 Å². The minimum Gasteiger partial charge on any atom is -0.415 e. The van der Waals surface area contributed by atoms with Crippen molar-refractivity contribution in [3.8, 4) is 22.9 Å². The number of fused-ring (bicyclic) bond motifs is 1. The highest BCUT2D eigenvalue weighted by Gasteiger charge is 2.27. The molecule has 0 N–H and O–H groups in total. The molecule has 3 heterocycles. The summed E-state index contributed by atoms with van der Waals surface area (Å²) >= 11 is 0. The number of rotatable bonds is 16. The number of aromatic nitrogens is 4. The molecule has 2 aromatic heterocycles. The van der Waals surface area contributed by atoms with Gasteiger partial charge in [-0.3, -0.25) is 13.5 Å². The Morgan fingerprint density at radius 2 is 1.00 bits per heavy atom. The summed E-state index contributed by atoms with van der Waals surface area (Å²) in [6.07, 6.45) is -5.68. The van der Waals surface area contributed by atoms with Crippen molar-refractivity contribution in [2.75, 3.05) is 20.9 Å². The van der Waals surface area contributed by atoms with E-state index >= 15 is 0 Å². The lowest BCUT2D eigenvalue weighted by molar-refractivity contribution is 0.115. The highest BCUT2D eigenvalue weighted by molar-refractivity contribution is 7.95. The quantitative estimate of drug-likeness (QED) is 0.0853. The van der Waals surface area contributed by atoms with Gasteiger partial charge >= 0.3 is 12.9 Å². The Labute approximate surface area is 361 Å². The second-order valence-corrected chi connectivity index (χ2v) is 17.9. The number of hydrogen-bond acceptors (Lipinski definition) is 11. The van der Waals surface area contributed by atoms with Gasteiger partial charge in [-0.25, -0.2) is 16.8 Å². The molecular weight excluding hydrogens is 863 g/mol. The second-order valence-electron chi connectivity index (χ2n) is 14.1. The molecule has 5 aromatic carbocycles. The maximum Gasteiger partial charge on any atom is 0.314 e. The van der Waals surface area contributed by atoms with Gasteiger partial charge in [-0.2, -0.15) is 17.6 Å². The Kier molecular flexibility index (Phi) is 13.8. The zero-order valence-electron chi connectivity index (χ0n) is 33.3.